The summed E-state index contributed by atoms with van der Waals surface area (Å²) < 4.78 is 0. The van der Waals surface area contributed by atoms with Crippen LogP contribution in [0.3, 0.4) is 0 Å². The normalized spacial score (nSPS) is 21.2. The van der Waals surface area contributed by atoms with Crippen LogP contribution in [0.25, 0.3) is 0 Å². The van der Waals surface area contributed by atoms with Crippen molar-refractivity contribution in [2.75, 3.05) is 5.32 Å². The minimum Gasteiger partial charge on any atom is -0.364 e. The minimum absolute atomic E-state index is 0.219. The molecule has 1 aromatic rings. The first kappa shape index (κ1) is 10.9. The number of hydrogen-bond donors (Lipinski definition) is 1. The van der Waals surface area contributed by atoms with E-state index in [1.807, 2.05) is 0 Å². The lowest BCUT2D eigenvalue weighted by Crippen LogP contribution is -2.12. The molecule has 0 spiro atoms. The number of rotatable bonds is 2. The molecule has 0 saturated heterocycles. The minimum atomic E-state index is 0.219. The second kappa shape index (κ2) is 3.18. The van der Waals surface area contributed by atoms with E-state index in [1.54, 1.807) is 6.07 Å². The van der Waals surface area contributed by atoms with E-state index in [2.05, 4.69) is 49.3 Å². The van der Waals surface area contributed by atoms with Gasteiger partial charge in [0.1, 0.15) is 6.07 Å². The van der Waals surface area contributed by atoms with Crippen molar-refractivity contribution in [3.63, 3.8) is 0 Å². The molecule has 1 fully saturated rings. The highest BCUT2D eigenvalue weighted by Gasteiger charge is 2.65. The summed E-state index contributed by atoms with van der Waals surface area (Å²) >= 11 is 0. The average Bonchev–Trinajstić information content (AvgIpc) is 2.62. The molecule has 0 radical (unpaired) electrons. The smallest absolute Gasteiger partial charge is 0.166 e. The van der Waals surface area contributed by atoms with Gasteiger partial charge in [0.25, 0.3) is 0 Å². The van der Waals surface area contributed by atoms with E-state index >= 15 is 0 Å². The maximum absolute atomic E-state index is 8.95. The monoisotopic (exact) mass is 216 g/mol. The van der Waals surface area contributed by atoms with Gasteiger partial charge in [-0.3, -0.25) is 0 Å². The highest BCUT2D eigenvalue weighted by Crippen LogP contribution is 2.63. The zero-order valence-electron chi connectivity index (χ0n) is 10.1. The molecule has 0 aromatic carbocycles. The number of nitriles is 1. The largest absolute Gasteiger partial charge is 0.364 e. The standard InChI is InChI=1S/C12H16N4/c1-11(2)10(12(11,3)4)15-9-8(7-13)5-6-14-16-9/h5-6,10H,1-4H3,(H,15,16). The van der Waals surface area contributed by atoms with Crippen molar-refractivity contribution >= 4 is 5.82 Å². The zero-order valence-corrected chi connectivity index (χ0v) is 10.1. The molecule has 4 nitrogen and oxygen atoms in total. The molecule has 84 valence electrons. The Morgan fingerprint density at radius 3 is 2.44 bits per heavy atom. The molecule has 0 amide bonds. The summed E-state index contributed by atoms with van der Waals surface area (Å²) in [5, 5.41) is 20.1. The van der Waals surface area contributed by atoms with Crippen LogP contribution in [-0.4, -0.2) is 16.2 Å². The Morgan fingerprint density at radius 2 is 1.94 bits per heavy atom. The molecule has 1 heterocycles. The van der Waals surface area contributed by atoms with Gasteiger partial charge in [-0.2, -0.15) is 10.4 Å². The van der Waals surface area contributed by atoms with Gasteiger partial charge in [-0.1, -0.05) is 27.7 Å². The molecule has 1 aliphatic carbocycles. The third-order valence-corrected chi connectivity index (χ3v) is 4.14. The van der Waals surface area contributed by atoms with E-state index in [0.717, 1.165) is 0 Å². The van der Waals surface area contributed by atoms with Crippen molar-refractivity contribution in [1.82, 2.24) is 10.2 Å². The highest BCUT2D eigenvalue weighted by molar-refractivity contribution is 5.53. The molecule has 4 heteroatoms. The Kier molecular flexibility index (Phi) is 2.16. The molecule has 1 saturated carbocycles. The first-order valence-electron chi connectivity index (χ1n) is 5.39. The summed E-state index contributed by atoms with van der Waals surface area (Å²) in [4.78, 5) is 0. The molecule has 16 heavy (non-hydrogen) atoms. The maximum Gasteiger partial charge on any atom is 0.166 e. The van der Waals surface area contributed by atoms with Crippen LogP contribution in [0.15, 0.2) is 12.3 Å². The predicted molar refractivity (Wildman–Crippen MR) is 61.7 cm³/mol. The first-order valence-corrected chi connectivity index (χ1v) is 5.39. The van der Waals surface area contributed by atoms with Crippen LogP contribution >= 0.6 is 0 Å². The summed E-state index contributed by atoms with van der Waals surface area (Å²) in [6, 6.07) is 4.13. The summed E-state index contributed by atoms with van der Waals surface area (Å²) in [6.07, 6.45) is 1.53. The van der Waals surface area contributed by atoms with E-state index < -0.39 is 0 Å². The Balaban J connectivity index is 2.22. The van der Waals surface area contributed by atoms with Gasteiger partial charge in [0.2, 0.25) is 0 Å². The topological polar surface area (TPSA) is 61.6 Å². The van der Waals surface area contributed by atoms with Crippen LogP contribution in [0.2, 0.25) is 0 Å². The predicted octanol–water partition coefficient (Wildman–Crippen LogP) is 2.19. The Bertz CT molecular complexity index is 442. The van der Waals surface area contributed by atoms with E-state index in [9.17, 15) is 0 Å². The fraction of sp³-hybridized carbons (Fsp3) is 0.583. The van der Waals surface area contributed by atoms with Crippen molar-refractivity contribution < 1.29 is 0 Å². The van der Waals surface area contributed by atoms with Crippen molar-refractivity contribution in [3.05, 3.63) is 17.8 Å². The quantitative estimate of drug-likeness (QED) is 0.823. The van der Waals surface area contributed by atoms with Gasteiger partial charge in [0.15, 0.2) is 5.82 Å². The molecule has 1 N–H and O–H groups in total. The molecule has 1 aromatic heterocycles. The van der Waals surface area contributed by atoms with E-state index in [4.69, 9.17) is 5.26 Å². The van der Waals surface area contributed by atoms with Gasteiger partial charge in [-0.05, 0) is 16.9 Å². The number of nitrogens with zero attached hydrogens (tertiary/aromatic N) is 3. The van der Waals surface area contributed by atoms with Crippen molar-refractivity contribution in [3.8, 4) is 6.07 Å². The van der Waals surface area contributed by atoms with E-state index in [-0.39, 0.29) is 10.8 Å². The Hall–Kier alpha value is -1.63. The molecular weight excluding hydrogens is 200 g/mol. The molecular formula is C12H16N4. The second-order valence-corrected chi connectivity index (χ2v) is 5.43. The van der Waals surface area contributed by atoms with Crippen molar-refractivity contribution in [1.29, 1.82) is 5.26 Å². The van der Waals surface area contributed by atoms with Crippen LogP contribution in [-0.2, 0) is 0 Å². The van der Waals surface area contributed by atoms with Crippen LogP contribution in [0, 0.1) is 22.2 Å². The van der Waals surface area contributed by atoms with E-state index in [0.29, 0.717) is 17.4 Å². The van der Waals surface area contributed by atoms with Gasteiger partial charge in [0.05, 0.1) is 11.8 Å². The summed E-state index contributed by atoms with van der Waals surface area (Å²) in [5.74, 6) is 0.591. The molecule has 0 aliphatic heterocycles. The molecule has 0 unspecified atom stereocenters. The Labute approximate surface area is 95.7 Å². The molecule has 1 aliphatic rings. The lowest BCUT2D eigenvalue weighted by molar-refractivity contribution is 0.457. The third kappa shape index (κ3) is 1.35. The van der Waals surface area contributed by atoms with Crippen molar-refractivity contribution in [2.45, 2.75) is 33.7 Å². The van der Waals surface area contributed by atoms with Gasteiger partial charge in [-0.15, -0.1) is 5.10 Å². The summed E-state index contributed by atoms with van der Waals surface area (Å²) in [7, 11) is 0. The van der Waals surface area contributed by atoms with Gasteiger partial charge in [0, 0.05) is 6.04 Å². The Morgan fingerprint density at radius 1 is 1.31 bits per heavy atom. The fourth-order valence-corrected chi connectivity index (χ4v) is 2.22. The first-order chi connectivity index (χ1) is 7.41. The van der Waals surface area contributed by atoms with Gasteiger partial charge in [-0.25, -0.2) is 0 Å². The van der Waals surface area contributed by atoms with Crippen LogP contribution in [0.5, 0.6) is 0 Å². The fourth-order valence-electron chi connectivity index (χ4n) is 2.22. The highest BCUT2D eigenvalue weighted by atomic mass is 15.2. The summed E-state index contributed by atoms with van der Waals surface area (Å²) in [5.41, 5.74) is 0.989. The van der Waals surface area contributed by atoms with Crippen LogP contribution < -0.4 is 5.32 Å². The number of aromatic nitrogens is 2. The van der Waals surface area contributed by atoms with Crippen LogP contribution in [0.4, 0.5) is 5.82 Å². The summed E-state index contributed by atoms with van der Waals surface area (Å²) in [6.45, 7) is 8.86. The molecule has 0 bridgehead atoms. The third-order valence-electron chi connectivity index (χ3n) is 4.14. The lowest BCUT2D eigenvalue weighted by atomic mass is 10.0. The molecule has 0 atom stereocenters. The van der Waals surface area contributed by atoms with E-state index in [1.165, 1.54) is 6.20 Å². The van der Waals surface area contributed by atoms with Crippen LogP contribution in [0.1, 0.15) is 33.3 Å². The van der Waals surface area contributed by atoms with Crippen molar-refractivity contribution in [2.24, 2.45) is 10.8 Å². The second-order valence-electron chi connectivity index (χ2n) is 5.43. The number of anilines is 1. The van der Waals surface area contributed by atoms with Gasteiger partial charge >= 0.3 is 0 Å². The van der Waals surface area contributed by atoms with Gasteiger partial charge < -0.3 is 5.32 Å². The maximum atomic E-state index is 8.95. The number of hydrogen-bond acceptors (Lipinski definition) is 4. The molecule has 2 rings (SSSR count). The SMILES string of the molecule is CC1(C)C(Nc2nnccc2C#N)C1(C)C. The zero-order chi connectivity index (χ0) is 12.0. The lowest BCUT2D eigenvalue weighted by Gasteiger charge is -2.07. The number of nitrogens with one attached hydrogen (secondary N) is 1. The average molecular weight is 216 g/mol.